The molecular formula is C9H14ClNOSi. The summed E-state index contributed by atoms with van der Waals surface area (Å²) in [7, 11) is -0.342. The molecule has 4 heteroatoms. The van der Waals surface area contributed by atoms with E-state index in [1.807, 2.05) is 19.1 Å². The molecule has 0 heterocycles. The molecule has 0 amide bonds. The normalized spacial score (nSPS) is 11.3. The van der Waals surface area contributed by atoms with Crippen LogP contribution in [0.3, 0.4) is 0 Å². The lowest BCUT2D eigenvalue weighted by atomic mass is 10.1. The Balaban J connectivity index is 2.90. The van der Waals surface area contributed by atoms with Crippen LogP contribution in [0.25, 0.3) is 0 Å². The Labute approximate surface area is 86.0 Å². The summed E-state index contributed by atoms with van der Waals surface area (Å²) < 4.78 is 5.44. The van der Waals surface area contributed by atoms with Crippen LogP contribution in [0.2, 0.25) is 11.6 Å². The van der Waals surface area contributed by atoms with Gasteiger partial charge in [0.05, 0.1) is 17.3 Å². The minimum Gasteiger partial charge on any atom is -0.420 e. The Bertz CT molecular complexity index is 304. The second-order valence-corrected chi connectivity index (χ2v) is 4.28. The van der Waals surface area contributed by atoms with E-state index < -0.39 is 0 Å². The Morgan fingerprint density at radius 1 is 1.54 bits per heavy atom. The lowest BCUT2D eigenvalue weighted by Gasteiger charge is -2.09. The van der Waals surface area contributed by atoms with Crippen LogP contribution in [0.15, 0.2) is 12.1 Å². The lowest BCUT2D eigenvalue weighted by molar-refractivity contribution is 0.326. The summed E-state index contributed by atoms with van der Waals surface area (Å²) in [6, 6.07) is 3.79. The van der Waals surface area contributed by atoms with E-state index >= 15 is 0 Å². The molecule has 2 nitrogen and oxygen atoms in total. The van der Waals surface area contributed by atoms with Crippen molar-refractivity contribution in [3.63, 3.8) is 0 Å². The molecule has 0 aliphatic rings. The van der Waals surface area contributed by atoms with Crippen LogP contribution in [-0.4, -0.2) is 9.76 Å². The van der Waals surface area contributed by atoms with Crippen molar-refractivity contribution >= 4 is 27.1 Å². The standard InChI is InChI=1S/C9H14ClNOSi/c1-6-7(5-12-13-2)3-4-8(10)9(6)11/h3-4H,5,11,13H2,1-2H3. The molecule has 72 valence electrons. The van der Waals surface area contributed by atoms with Gasteiger partial charge in [-0.1, -0.05) is 24.2 Å². The number of hydrogen-bond donors (Lipinski definition) is 1. The second kappa shape index (κ2) is 4.65. The molecule has 0 saturated heterocycles. The molecule has 0 atom stereocenters. The van der Waals surface area contributed by atoms with Crippen LogP contribution in [0, 0.1) is 6.92 Å². The highest BCUT2D eigenvalue weighted by atomic mass is 35.5. The molecule has 2 N–H and O–H groups in total. The molecule has 0 spiro atoms. The zero-order chi connectivity index (χ0) is 9.84. The van der Waals surface area contributed by atoms with E-state index in [0.717, 1.165) is 11.1 Å². The van der Waals surface area contributed by atoms with Gasteiger partial charge in [-0.3, -0.25) is 0 Å². The van der Waals surface area contributed by atoms with Crippen molar-refractivity contribution < 1.29 is 4.43 Å². The van der Waals surface area contributed by atoms with Crippen molar-refractivity contribution in [1.82, 2.24) is 0 Å². The molecule has 1 rings (SSSR count). The Kier molecular flexibility index (Phi) is 3.78. The van der Waals surface area contributed by atoms with Crippen molar-refractivity contribution in [3.8, 4) is 0 Å². The topological polar surface area (TPSA) is 35.2 Å². The van der Waals surface area contributed by atoms with Gasteiger partial charge in [-0.25, -0.2) is 0 Å². The van der Waals surface area contributed by atoms with Crippen molar-refractivity contribution in [2.75, 3.05) is 5.73 Å². The average Bonchev–Trinajstić information content (AvgIpc) is 2.13. The van der Waals surface area contributed by atoms with Gasteiger partial charge in [0, 0.05) is 0 Å². The molecule has 0 saturated carbocycles. The fourth-order valence-corrected chi connectivity index (χ4v) is 1.74. The van der Waals surface area contributed by atoms with Crippen LogP contribution in [0.1, 0.15) is 11.1 Å². The number of halogens is 1. The largest absolute Gasteiger partial charge is 0.420 e. The van der Waals surface area contributed by atoms with E-state index in [0.29, 0.717) is 17.3 Å². The molecule has 1 aromatic carbocycles. The van der Waals surface area contributed by atoms with Crippen molar-refractivity contribution in [3.05, 3.63) is 28.3 Å². The molecule has 0 fully saturated rings. The third kappa shape index (κ3) is 2.46. The summed E-state index contributed by atoms with van der Waals surface area (Å²) in [5.74, 6) is 0. The van der Waals surface area contributed by atoms with Crippen LogP contribution >= 0.6 is 11.6 Å². The van der Waals surface area contributed by atoms with Crippen molar-refractivity contribution in [2.24, 2.45) is 0 Å². The summed E-state index contributed by atoms with van der Waals surface area (Å²) in [4.78, 5) is 0. The summed E-state index contributed by atoms with van der Waals surface area (Å²) in [6.45, 7) is 4.74. The molecule has 1 aromatic rings. The fourth-order valence-electron chi connectivity index (χ4n) is 1.11. The Morgan fingerprint density at radius 3 is 2.85 bits per heavy atom. The molecule has 13 heavy (non-hydrogen) atoms. The highest BCUT2D eigenvalue weighted by molar-refractivity contribution is 6.33. The van der Waals surface area contributed by atoms with Gasteiger partial charge in [-0.05, 0) is 24.1 Å². The van der Waals surface area contributed by atoms with E-state index in [9.17, 15) is 0 Å². The summed E-state index contributed by atoms with van der Waals surface area (Å²) >= 11 is 5.86. The third-order valence-corrected chi connectivity index (χ3v) is 2.98. The number of benzene rings is 1. The van der Waals surface area contributed by atoms with E-state index in [1.165, 1.54) is 0 Å². The van der Waals surface area contributed by atoms with Crippen LogP contribution in [0.5, 0.6) is 0 Å². The number of hydrogen-bond acceptors (Lipinski definition) is 2. The van der Waals surface area contributed by atoms with E-state index in [4.69, 9.17) is 21.8 Å². The van der Waals surface area contributed by atoms with E-state index in [2.05, 4.69) is 6.55 Å². The second-order valence-electron chi connectivity index (χ2n) is 2.88. The van der Waals surface area contributed by atoms with Crippen LogP contribution in [-0.2, 0) is 11.0 Å². The van der Waals surface area contributed by atoms with E-state index in [1.54, 1.807) is 0 Å². The zero-order valence-electron chi connectivity index (χ0n) is 7.93. The van der Waals surface area contributed by atoms with Crippen LogP contribution in [0.4, 0.5) is 5.69 Å². The highest BCUT2D eigenvalue weighted by Gasteiger charge is 2.04. The minimum absolute atomic E-state index is 0.342. The average molecular weight is 216 g/mol. The number of rotatable bonds is 3. The number of anilines is 1. The molecule has 0 aromatic heterocycles. The minimum atomic E-state index is -0.342. The lowest BCUT2D eigenvalue weighted by Crippen LogP contribution is -2.00. The van der Waals surface area contributed by atoms with E-state index in [-0.39, 0.29) is 9.76 Å². The van der Waals surface area contributed by atoms with Gasteiger partial charge >= 0.3 is 0 Å². The summed E-state index contributed by atoms with van der Waals surface area (Å²) in [6.07, 6.45) is 0. The van der Waals surface area contributed by atoms with Gasteiger partial charge in [0.25, 0.3) is 0 Å². The predicted molar refractivity (Wildman–Crippen MR) is 59.8 cm³/mol. The third-order valence-electron chi connectivity index (χ3n) is 2.04. The zero-order valence-corrected chi connectivity index (χ0v) is 10.1. The molecule has 0 bridgehead atoms. The van der Waals surface area contributed by atoms with Gasteiger partial charge in [-0.15, -0.1) is 0 Å². The first kappa shape index (κ1) is 10.6. The maximum absolute atomic E-state index is 5.86. The van der Waals surface area contributed by atoms with Gasteiger partial charge in [0.15, 0.2) is 9.76 Å². The monoisotopic (exact) mass is 215 g/mol. The Hall–Kier alpha value is -0.513. The first-order valence-corrected chi connectivity index (χ1v) is 6.65. The fraction of sp³-hybridized carbons (Fsp3) is 0.333. The SMILES string of the molecule is C[SiH2]OCc1ccc(Cl)c(N)c1C. The smallest absolute Gasteiger partial charge is 0.159 e. The highest BCUT2D eigenvalue weighted by Crippen LogP contribution is 2.25. The molecule has 0 aliphatic carbocycles. The van der Waals surface area contributed by atoms with Gasteiger partial charge < -0.3 is 10.2 Å². The predicted octanol–water partition coefficient (Wildman–Crippen LogP) is 1.88. The summed E-state index contributed by atoms with van der Waals surface area (Å²) in [5, 5.41) is 0.620. The maximum Gasteiger partial charge on any atom is 0.159 e. The molecular weight excluding hydrogens is 202 g/mol. The van der Waals surface area contributed by atoms with Gasteiger partial charge in [0.1, 0.15) is 0 Å². The molecule has 0 radical (unpaired) electrons. The molecule has 0 aliphatic heterocycles. The maximum atomic E-state index is 5.86. The molecule has 0 unspecified atom stereocenters. The van der Waals surface area contributed by atoms with Crippen molar-refractivity contribution in [2.45, 2.75) is 20.1 Å². The summed E-state index contributed by atoms with van der Waals surface area (Å²) in [5.41, 5.74) is 8.62. The number of nitrogen functional groups attached to an aromatic ring is 1. The van der Waals surface area contributed by atoms with Crippen molar-refractivity contribution in [1.29, 1.82) is 0 Å². The quantitative estimate of drug-likeness (QED) is 0.618. The van der Waals surface area contributed by atoms with Crippen LogP contribution < -0.4 is 5.73 Å². The number of nitrogens with two attached hydrogens (primary N) is 1. The van der Waals surface area contributed by atoms with Gasteiger partial charge in [-0.2, -0.15) is 0 Å². The Morgan fingerprint density at radius 2 is 2.23 bits per heavy atom. The first-order chi connectivity index (χ1) is 6.16. The first-order valence-electron chi connectivity index (χ1n) is 4.28. The van der Waals surface area contributed by atoms with Gasteiger partial charge in [0.2, 0.25) is 0 Å².